The molecule has 2 rings (SSSR count). The average Bonchev–Trinajstić information content (AvgIpc) is 2.41. The monoisotopic (exact) mass is 290 g/mol. The van der Waals surface area contributed by atoms with Crippen LogP contribution in [0, 0.1) is 6.92 Å². The van der Waals surface area contributed by atoms with Gasteiger partial charge in [-0.15, -0.1) is 0 Å². The SMILES string of the molecule is Cc1cccnc1CN(CC(=O)O)c1ccc(Cl)cc1. The van der Waals surface area contributed by atoms with Crippen LogP contribution >= 0.6 is 11.6 Å². The molecule has 0 aliphatic heterocycles. The van der Waals surface area contributed by atoms with Crippen molar-refractivity contribution in [1.82, 2.24) is 4.98 Å². The number of nitrogens with zero attached hydrogens (tertiary/aromatic N) is 2. The van der Waals surface area contributed by atoms with E-state index in [1.165, 1.54) is 0 Å². The molecule has 0 amide bonds. The van der Waals surface area contributed by atoms with Crippen molar-refractivity contribution in [2.24, 2.45) is 0 Å². The van der Waals surface area contributed by atoms with Crippen LogP contribution in [0.4, 0.5) is 5.69 Å². The molecule has 1 N–H and O–H groups in total. The number of aliphatic carboxylic acids is 1. The van der Waals surface area contributed by atoms with E-state index in [1.54, 1.807) is 23.2 Å². The summed E-state index contributed by atoms with van der Waals surface area (Å²) in [6.07, 6.45) is 1.71. The summed E-state index contributed by atoms with van der Waals surface area (Å²) in [6, 6.07) is 10.9. The van der Waals surface area contributed by atoms with E-state index in [4.69, 9.17) is 16.7 Å². The van der Waals surface area contributed by atoms with Crippen molar-refractivity contribution in [3.63, 3.8) is 0 Å². The Kier molecular flexibility index (Phi) is 4.58. The number of aryl methyl sites for hydroxylation is 1. The summed E-state index contributed by atoms with van der Waals surface area (Å²) >= 11 is 5.86. The van der Waals surface area contributed by atoms with Crippen molar-refractivity contribution in [3.05, 3.63) is 58.9 Å². The zero-order valence-corrected chi connectivity index (χ0v) is 11.8. The largest absolute Gasteiger partial charge is 0.480 e. The molecule has 5 heteroatoms. The van der Waals surface area contributed by atoms with E-state index in [9.17, 15) is 4.79 Å². The van der Waals surface area contributed by atoms with Crippen molar-refractivity contribution in [3.8, 4) is 0 Å². The topological polar surface area (TPSA) is 53.4 Å². The van der Waals surface area contributed by atoms with E-state index >= 15 is 0 Å². The first-order valence-electron chi connectivity index (χ1n) is 6.19. The van der Waals surface area contributed by atoms with Crippen LogP contribution < -0.4 is 4.90 Å². The number of anilines is 1. The van der Waals surface area contributed by atoms with Crippen molar-refractivity contribution in [1.29, 1.82) is 0 Å². The van der Waals surface area contributed by atoms with Gasteiger partial charge in [0.1, 0.15) is 6.54 Å². The van der Waals surface area contributed by atoms with Crippen molar-refractivity contribution in [2.75, 3.05) is 11.4 Å². The summed E-state index contributed by atoms with van der Waals surface area (Å²) in [6.45, 7) is 2.32. The molecule has 1 aromatic heterocycles. The molecule has 20 heavy (non-hydrogen) atoms. The summed E-state index contributed by atoms with van der Waals surface area (Å²) in [4.78, 5) is 17.1. The van der Waals surface area contributed by atoms with Crippen LogP contribution in [-0.4, -0.2) is 22.6 Å². The molecule has 2 aromatic rings. The molecule has 104 valence electrons. The van der Waals surface area contributed by atoms with Gasteiger partial charge in [0.15, 0.2) is 0 Å². The summed E-state index contributed by atoms with van der Waals surface area (Å²) in [5, 5.41) is 9.68. The minimum Gasteiger partial charge on any atom is -0.480 e. The molecule has 0 spiro atoms. The Labute approximate surface area is 122 Å². The predicted molar refractivity (Wildman–Crippen MR) is 79.1 cm³/mol. The predicted octanol–water partition coefficient (Wildman–Crippen LogP) is 3.13. The molecule has 0 aliphatic rings. The van der Waals surface area contributed by atoms with Gasteiger partial charge >= 0.3 is 5.97 Å². The van der Waals surface area contributed by atoms with Gasteiger partial charge in [-0.2, -0.15) is 0 Å². The maximum absolute atomic E-state index is 11.0. The summed E-state index contributed by atoms with van der Waals surface area (Å²) in [5.41, 5.74) is 2.71. The Morgan fingerprint density at radius 1 is 1.30 bits per heavy atom. The summed E-state index contributed by atoms with van der Waals surface area (Å²) < 4.78 is 0. The maximum Gasteiger partial charge on any atom is 0.323 e. The first-order chi connectivity index (χ1) is 9.56. The third kappa shape index (κ3) is 3.71. The second-order valence-electron chi connectivity index (χ2n) is 4.49. The maximum atomic E-state index is 11.0. The van der Waals surface area contributed by atoms with Gasteiger partial charge in [-0.25, -0.2) is 0 Å². The fourth-order valence-electron chi connectivity index (χ4n) is 1.92. The third-order valence-corrected chi connectivity index (χ3v) is 3.23. The Morgan fingerprint density at radius 3 is 2.60 bits per heavy atom. The highest BCUT2D eigenvalue weighted by atomic mass is 35.5. The number of carbonyl (C=O) groups is 1. The van der Waals surface area contributed by atoms with Gasteiger partial charge in [0.2, 0.25) is 0 Å². The van der Waals surface area contributed by atoms with E-state index in [1.807, 2.05) is 31.2 Å². The summed E-state index contributed by atoms with van der Waals surface area (Å²) in [7, 11) is 0. The van der Waals surface area contributed by atoms with Gasteiger partial charge in [-0.1, -0.05) is 17.7 Å². The standard InChI is InChI=1S/C15H15ClN2O2/c1-11-3-2-8-17-14(11)9-18(10-15(19)20)13-6-4-12(16)5-7-13/h2-8H,9-10H2,1H3,(H,19,20). The van der Waals surface area contributed by atoms with Crippen LogP contribution in [0.2, 0.25) is 5.02 Å². The Balaban J connectivity index is 2.26. The van der Waals surface area contributed by atoms with Crippen LogP contribution in [-0.2, 0) is 11.3 Å². The quantitative estimate of drug-likeness (QED) is 0.919. The molecular formula is C15H15ClN2O2. The number of aromatic nitrogens is 1. The lowest BCUT2D eigenvalue weighted by atomic mass is 10.2. The molecule has 0 saturated heterocycles. The molecule has 0 bridgehead atoms. The number of carboxylic acid groups (broad SMARTS) is 1. The number of hydrogen-bond acceptors (Lipinski definition) is 3. The molecule has 0 saturated carbocycles. The highest BCUT2D eigenvalue weighted by molar-refractivity contribution is 6.30. The molecule has 0 unspecified atom stereocenters. The summed E-state index contributed by atoms with van der Waals surface area (Å²) in [5.74, 6) is -0.881. The van der Waals surface area contributed by atoms with Crippen molar-refractivity contribution >= 4 is 23.3 Å². The van der Waals surface area contributed by atoms with Gasteiger partial charge < -0.3 is 10.0 Å². The second-order valence-corrected chi connectivity index (χ2v) is 4.93. The van der Waals surface area contributed by atoms with Crippen LogP contribution in [0.15, 0.2) is 42.6 Å². The zero-order valence-electron chi connectivity index (χ0n) is 11.1. The number of pyridine rings is 1. The van der Waals surface area contributed by atoms with Crippen LogP contribution in [0.1, 0.15) is 11.3 Å². The van der Waals surface area contributed by atoms with Gasteiger partial charge in [-0.05, 0) is 42.8 Å². The number of benzene rings is 1. The van der Waals surface area contributed by atoms with E-state index in [-0.39, 0.29) is 6.54 Å². The first kappa shape index (κ1) is 14.3. The van der Waals surface area contributed by atoms with Crippen LogP contribution in [0.25, 0.3) is 0 Å². The van der Waals surface area contributed by atoms with E-state index < -0.39 is 5.97 Å². The normalized spacial score (nSPS) is 10.3. The molecule has 1 aromatic carbocycles. The third-order valence-electron chi connectivity index (χ3n) is 2.98. The fraction of sp³-hybridized carbons (Fsp3) is 0.200. The number of halogens is 1. The molecule has 0 radical (unpaired) electrons. The molecule has 4 nitrogen and oxygen atoms in total. The molecule has 0 fully saturated rings. The molecule has 1 heterocycles. The number of rotatable bonds is 5. The second kappa shape index (κ2) is 6.39. The number of hydrogen-bond donors (Lipinski definition) is 1. The van der Waals surface area contributed by atoms with E-state index in [2.05, 4.69) is 4.98 Å². The highest BCUT2D eigenvalue weighted by Gasteiger charge is 2.13. The van der Waals surface area contributed by atoms with Crippen LogP contribution in [0.3, 0.4) is 0 Å². The minimum atomic E-state index is -0.881. The lowest BCUT2D eigenvalue weighted by Crippen LogP contribution is -2.29. The Morgan fingerprint density at radius 2 is 2.00 bits per heavy atom. The average molecular weight is 291 g/mol. The fourth-order valence-corrected chi connectivity index (χ4v) is 2.04. The lowest BCUT2D eigenvalue weighted by Gasteiger charge is -2.23. The molecular weight excluding hydrogens is 276 g/mol. The van der Waals surface area contributed by atoms with Gasteiger partial charge in [0.25, 0.3) is 0 Å². The van der Waals surface area contributed by atoms with E-state index in [0.717, 1.165) is 16.9 Å². The lowest BCUT2D eigenvalue weighted by molar-refractivity contribution is -0.135. The smallest absolute Gasteiger partial charge is 0.323 e. The first-order valence-corrected chi connectivity index (χ1v) is 6.57. The van der Waals surface area contributed by atoms with Crippen molar-refractivity contribution < 1.29 is 9.90 Å². The van der Waals surface area contributed by atoms with Gasteiger partial charge in [0.05, 0.1) is 12.2 Å². The number of carboxylic acids is 1. The van der Waals surface area contributed by atoms with Gasteiger partial charge in [-0.3, -0.25) is 9.78 Å². The Hall–Kier alpha value is -2.07. The zero-order chi connectivity index (χ0) is 14.5. The van der Waals surface area contributed by atoms with E-state index in [0.29, 0.717) is 11.6 Å². The Bertz CT molecular complexity index is 599. The molecule has 0 aliphatic carbocycles. The molecule has 0 atom stereocenters. The van der Waals surface area contributed by atoms with Crippen molar-refractivity contribution in [2.45, 2.75) is 13.5 Å². The highest BCUT2D eigenvalue weighted by Crippen LogP contribution is 2.20. The minimum absolute atomic E-state index is 0.0857. The van der Waals surface area contributed by atoms with Crippen LogP contribution in [0.5, 0.6) is 0 Å². The van der Waals surface area contributed by atoms with Gasteiger partial charge in [0, 0.05) is 16.9 Å².